The maximum absolute atomic E-state index is 13.4. The second-order valence-corrected chi connectivity index (χ2v) is 7.34. The Labute approximate surface area is 214 Å². The summed E-state index contributed by atoms with van der Waals surface area (Å²) in [4.78, 5) is 0. The van der Waals surface area contributed by atoms with Crippen LogP contribution in [0.15, 0.2) is 0 Å². The molecule has 0 aliphatic rings. The molecule has 0 radical (unpaired) electrons. The van der Waals surface area contributed by atoms with Gasteiger partial charge in [-0.15, -0.1) is 0 Å². The molecule has 0 aliphatic heterocycles. The Morgan fingerprint density at radius 1 is 0.606 bits per heavy atom. The molecule has 1 unspecified atom stereocenters. The van der Waals surface area contributed by atoms with Crippen molar-refractivity contribution in [3.8, 4) is 0 Å². The summed E-state index contributed by atoms with van der Waals surface area (Å²) in [5.41, 5.74) is 0. The predicted octanol–water partition coefficient (Wildman–Crippen LogP) is 2.32. The SMILES string of the molecule is CCC(F)C(F)(F)C(F)(F)C(F)(F)C(F)(F)C(F)(F)C(F)(F)C(F)(F)C(F)(F)S(=O)(=O)[O-].[K+]. The van der Waals surface area contributed by atoms with Crippen molar-refractivity contribution in [2.24, 2.45) is 0 Å². The van der Waals surface area contributed by atoms with E-state index in [-0.39, 0.29) is 58.3 Å². The van der Waals surface area contributed by atoms with Gasteiger partial charge in [-0.1, -0.05) is 6.92 Å². The summed E-state index contributed by atoms with van der Waals surface area (Å²) in [7, 11) is -8.15. The van der Waals surface area contributed by atoms with E-state index in [1.54, 1.807) is 0 Å². The minimum Gasteiger partial charge on any atom is -0.743 e. The van der Waals surface area contributed by atoms with Crippen LogP contribution in [0.2, 0.25) is 0 Å². The molecule has 0 heterocycles. The third kappa shape index (κ3) is 4.62. The fraction of sp³-hybridized carbons (Fsp3) is 1.00. The summed E-state index contributed by atoms with van der Waals surface area (Å²) < 4.78 is 254. The molecule has 1 atom stereocenters. The number of alkyl halides is 17. The van der Waals surface area contributed by atoms with Gasteiger partial charge in [0.05, 0.1) is 0 Å². The molecule has 0 saturated carbocycles. The average molecular weight is 580 g/mol. The van der Waals surface area contributed by atoms with Gasteiger partial charge in [0.25, 0.3) is 0 Å². The maximum atomic E-state index is 13.4. The Balaban J connectivity index is 0. The van der Waals surface area contributed by atoms with Crippen LogP contribution in [-0.2, 0) is 10.1 Å². The molecule has 33 heavy (non-hydrogen) atoms. The third-order valence-electron chi connectivity index (χ3n) is 3.82. The first kappa shape index (κ1) is 35.5. The van der Waals surface area contributed by atoms with Gasteiger partial charge < -0.3 is 4.55 Å². The summed E-state index contributed by atoms with van der Waals surface area (Å²) in [6, 6.07) is 0. The van der Waals surface area contributed by atoms with E-state index in [0.717, 1.165) is 0 Å². The van der Waals surface area contributed by atoms with Gasteiger partial charge in [-0.2, -0.15) is 70.2 Å². The molecular formula is C11H6F17KO3S. The zero-order valence-corrected chi connectivity index (χ0v) is 19.3. The molecule has 0 aromatic rings. The molecule has 0 bridgehead atoms. The van der Waals surface area contributed by atoms with Crippen molar-refractivity contribution in [2.45, 2.75) is 66.2 Å². The first-order valence-corrected chi connectivity index (χ1v) is 8.51. The van der Waals surface area contributed by atoms with Crippen LogP contribution in [0.3, 0.4) is 0 Å². The Morgan fingerprint density at radius 3 is 1.09 bits per heavy atom. The zero-order chi connectivity index (χ0) is 26.8. The molecule has 0 amide bonds. The van der Waals surface area contributed by atoms with Gasteiger partial charge in [0.1, 0.15) is 0 Å². The quantitative estimate of drug-likeness (QED) is 0.227. The predicted molar refractivity (Wildman–Crippen MR) is 64.5 cm³/mol. The van der Waals surface area contributed by atoms with E-state index in [9.17, 15) is 87.6 Å². The third-order valence-corrected chi connectivity index (χ3v) is 4.71. The number of rotatable bonds is 10. The molecule has 3 nitrogen and oxygen atoms in total. The average Bonchev–Trinajstić information content (AvgIpc) is 2.58. The minimum atomic E-state index is -8.89. The monoisotopic (exact) mass is 580 g/mol. The fourth-order valence-corrected chi connectivity index (χ4v) is 2.23. The van der Waals surface area contributed by atoms with Crippen LogP contribution < -0.4 is 51.4 Å². The normalized spacial score (nSPS) is 16.9. The molecule has 0 rings (SSSR count). The second kappa shape index (κ2) is 9.34. The molecule has 0 aromatic carbocycles. The molecule has 0 aromatic heterocycles. The fourth-order valence-electron chi connectivity index (χ4n) is 1.79. The molecule has 0 N–H and O–H groups in total. The van der Waals surface area contributed by atoms with Crippen LogP contribution in [0.25, 0.3) is 0 Å². The van der Waals surface area contributed by atoms with Crippen molar-refractivity contribution in [2.75, 3.05) is 0 Å². The smallest absolute Gasteiger partial charge is 0.743 e. The van der Waals surface area contributed by atoms with Crippen molar-refractivity contribution in [1.29, 1.82) is 0 Å². The van der Waals surface area contributed by atoms with Crippen LogP contribution in [0, 0.1) is 0 Å². The zero-order valence-electron chi connectivity index (χ0n) is 15.3. The van der Waals surface area contributed by atoms with Crippen molar-refractivity contribution < 1.29 is 139 Å². The van der Waals surface area contributed by atoms with Gasteiger partial charge in [0.15, 0.2) is 16.3 Å². The van der Waals surface area contributed by atoms with Gasteiger partial charge in [-0.3, -0.25) is 0 Å². The summed E-state index contributed by atoms with van der Waals surface area (Å²) in [5, 5.41) is -7.95. The van der Waals surface area contributed by atoms with Crippen LogP contribution in [0.5, 0.6) is 0 Å². The van der Waals surface area contributed by atoms with E-state index in [2.05, 4.69) is 0 Å². The van der Waals surface area contributed by atoms with Gasteiger partial charge in [0, 0.05) is 0 Å². The first-order valence-electron chi connectivity index (χ1n) is 7.10. The maximum Gasteiger partial charge on any atom is 1.00 e. The number of hydrogen-bond acceptors (Lipinski definition) is 3. The van der Waals surface area contributed by atoms with E-state index in [4.69, 9.17) is 0 Å². The van der Waals surface area contributed by atoms with Crippen molar-refractivity contribution in [1.82, 2.24) is 0 Å². The molecule has 0 spiro atoms. The first-order chi connectivity index (χ1) is 13.5. The van der Waals surface area contributed by atoms with Gasteiger partial charge in [-0.25, -0.2) is 12.8 Å². The summed E-state index contributed by atoms with van der Waals surface area (Å²) >= 11 is 0. The summed E-state index contributed by atoms with van der Waals surface area (Å²) in [6.07, 6.45) is -6.44. The van der Waals surface area contributed by atoms with Crippen LogP contribution in [0.1, 0.15) is 13.3 Å². The Bertz CT molecular complexity index is 809. The number of halogens is 17. The van der Waals surface area contributed by atoms with E-state index in [1.165, 1.54) is 0 Å². The van der Waals surface area contributed by atoms with Gasteiger partial charge >= 0.3 is 98.1 Å². The van der Waals surface area contributed by atoms with E-state index in [1.807, 2.05) is 0 Å². The van der Waals surface area contributed by atoms with E-state index < -0.39 is 69.4 Å². The Kier molecular flexibility index (Phi) is 10.1. The van der Waals surface area contributed by atoms with Gasteiger partial charge in [0.2, 0.25) is 0 Å². The molecule has 22 heteroatoms. The molecule has 0 saturated heterocycles. The Hall–Kier alpha value is 0.356. The summed E-state index contributed by atoms with van der Waals surface area (Å²) in [5.74, 6) is -58.7. The van der Waals surface area contributed by atoms with E-state index in [0.29, 0.717) is 0 Å². The Morgan fingerprint density at radius 2 is 0.848 bits per heavy atom. The molecule has 0 fully saturated rings. The van der Waals surface area contributed by atoms with Gasteiger partial charge in [-0.05, 0) is 6.42 Å². The minimum absolute atomic E-state index is 0. The summed E-state index contributed by atoms with van der Waals surface area (Å²) in [6.45, 7) is 0.194. The number of hydrogen-bond donors (Lipinski definition) is 0. The molecular weight excluding hydrogens is 574 g/mol. The largest absolute Gasteiger partial charge is 1.00 e. The van der Waals surface area contributed by atoms with Crippen molar-refractivity contribution in [3.63, 3.8) is 0 Å². The molecule has 0 aliphatic carbocycles. The topological polar surface area (TPSA) is 57.2 Å². The van der Waals surface area contributed by atoms with Crippen LogP contribution >= 0.6 is 0 Å². The van der Waals surface area contributed by atoms with Crippen molar-refractivity contribution in [3.05, 3.63) is 0 Å². The van der Waals surface area contributed by atoms with Crippen molar-refractivity contribution >= 4 is 10.1 Å². The van der Waals surface area contributed by atoms with E-state index >= 15 is 0 Å². The van der Waals surface area contributed by atoms with Crippen LogP contribution in [-0.4, -0.2) is 65.9 Å². The standard InChI is InChI=1S/C11H7F17O3S.K/c1-2-3(12)4(13,14)5(15,16)6(17,18)7(19,20)8(21,22)9(23,24)10(25,26)11(27,28)32(29,30)31;/h3H,2H2,1H3,(H,29,30,31);/q;+1/p-1. The molecule has 194 valence electrons. The van der Waals surface area contributed by atoms with Crippen LogP contribution in [0.4, 0.5) is 74.6 Å². The second-order valence-electron chi connectivity index (χ2n) is 5.92.